The Balaban J connectivity index is 0. The van der Waals surface area contributed by atoms with Crippen LogP contribution in [-0.2, 0) is 0 Å². The van der Waals surface area contributed by atoms with Crippen molar-refractivity contribution in [3.63, 3.8) is 0 Å². The average Bonchev–Trinajstić information content (AvgIpc) is 2.67. The van der Waals surface area contributed by atoms with Gasteiger partial charge in [-0.3, -0.25) is 4.90 Å². The lowest BCUT2D eigenvalue weighted by Gasteiger charge is -2.38. The Morgan fingerprint density at radius 3 is 1.67 bits per heavy atom. The van der Waals surface area contributed by atoms with Gasteiger partial charge in [-0.1, -0.05) is 78.2 Å². The number of rotatable bonds is 19. The number of likely N-dealkylation sites (N-methyl/N-ethyl adjacent to an activating group) is 2. The molecule has 1 unspecified atom stereocenters. The number of unbranched alkanes of at least 4 members (excludes halogenated alkanes) is 9. The second-order valence-corrected chi connectivity index (χ2v) is 8.07. The lowest BCUT2D eigenvalue weighted by atomic mass is 10.1. The summed E-state index contributed by atoms with van der Waals surface area (Å²) < 4.78 is 1.28. The molecule has 0 saturated heterocycles. The molecular formula is C24H51ClN2. The lowest BCUT2D eigenvalue weighted by Crippen LogP contribution is -3.00. The van der Waals surface area contributed by atoms with Crippen LogP contribution in [0, 0.1) is 0 Å². The monoisotopic (exact) mass is 402 g/mol. The summed E-state index contributed by atoms with van der Waals surface area (Å²) in [5, 5.41) is 0. The fourth-order valence-electron chi connectivity index (χ4n) is 3.90. The minimum absolute atomic E-state index is 0. The van der Waals surface area contributed by atoms with E-state index in [2.05, 4.69) is 51.7 Å². The topological polar surface area (TPSA) is 3.24 Å². The Kier molecular flexibility index (Phi) is 22.3. The zero-order valence-corrected chi connectivity index (χ0v) is 20.2. The van der Waals surface area contributed by atoms with Crippen LogP contribution in [0.15, 0.2) is 12.2 Å². The normalized spacial score (nSPS) is 13.9. The highest BCUT2D eigenvalue weighted by molar-refractivity contribution is 4.77. The molecular weight excluding hydrogens is 352 g/mol. The molecule has 0 heterocycles. The molecule has 0 saturated carbocycles. The molecule has 164 valence electrons. The van der Waals surface area contributed by atoms with Gasteiger partial charge in [-0.2, -0.15) is 0 Å². The number of hydrogen-bond donors (Lipinski definition) is 0. The molecule has 27 heavy (non-hydrogen) atoms. The third kappa shape index (κ3) is 15.5. The SMILES string of the molecule is C/C=C/C[N+](CC)(CCCCCCCCCCCC)CCN(CC)CC.[Cl-]. The van der Waals surface area contributed by atoms with Crippen molar-refractivity contribution in [1.29, 1.82) is 0 Å². The summed E-state index contributed by atoms with van der Waals surface area (Å²) in [5.74, 6) is 0. The minimum Gasteiger partial charge on any atom is -1.00 e. The molecule has 0 amide bonds. The predicted octanol–water partition coefficient (Wildman–Crippen LogP) is 3.67. The van der Waals surface area contributed by atoms with Gasteiger partial charge in [0.2, 0.25) is 0 Å². The van der Waals surface area contributed by atoms with Crippen molar-refractivity contribution in [1.82, 2.24) is 4.90 Å². The maximum atomic E-state index is 2.58. The first kappa shape index (κ1) is 29.2. The van der Waals surface area contributed by atoms with Crippen molar-refractivity contribution >= 4 is 0 Å². The standard InChI is InChI=1S/C24H51N2.ClH/c1-6-11-13-14-15-16-17-18-19-20-23-26(10-5,22-12-7-2)24-21-25(8-3)9-4;/h7,12H,6,8-11,13-24H2,1-5H3;1H/q+1;/p-1/b12-7+;. The van der Waals surface area contributed by atoms with E-state index in [9.17, 15) is 0 Å². The smallest absolute Gasteiger partial charge is 0.0973 e. The molecule has 0 spiro atoms. The largest absolute Gasteiger partial charge is 1.00 e. The summed E-state index contributed by atoms with van der Waals surface area (Å²) >= 11 is 0. The van der Waals surface area contributed by atoms with Gasteiger partial charge in [-0.25, -0.2) is 0 Å². The first-order chi connectivity index (χ1) is 12.7. The fourth-order valence-corrected chi connectivity index (χ4v) is 3.90. The molecule has 0 aromatic rings. The molecule has 0 rings (SSSR count). The summed E-state index contributed by atoms with van der Waals surface area (Å²) in [6.45, 7) is 20.2. The van der Waals surface area contributed by atoms with Crippen LogP contribution in [0.25, 0.3) is 0 Å². The summed E-state index contributed by atoms with van der Waals surface area (Å²) in [5.41, 5.74) is 0. The van der Waals surface area contributed by atoms with Crippen molar-refractivity contribution in [3.8, 4) is 0 Å². The second kappa shape index (κ2) is 20.7. The Morgan fingerprint density at radius 2 is 1.22 bits per heavy atom. The van der Waals surface area contributed by atoms with Crippen LogP contribution < -0.4 is 12.4 Å². The number of allylic oxidation sites excluding steroid dienone is 1. The number of halogens is 1. The van der Waals surface area contributed by atoms with E-state index in [1.807, 2.05) is 0 Å². The molecule has 3 heteroatoms. The van der Waals surface area contributed by atoms with Crippen LogP contribution in [0.4, 0.5) is 0 Å². The van der Waals surface area contributed by atoms with Crippen LogP contribution in [0.3, 0.4) is 0 Å². The molecule has 2 nitrogen and oxygen atoms in total. The van der Waals surface area contributed by atoms with Crippen molar-refractivity contribution in [2.75, 3.05) is 45.8 Å². The third-order valence-corrected chi connectivity index (χ3v) is 6.17. The Bertz CT molecular complexity index is 316. The lowest BCUT2D eigenvalue weighted by molar-refractivity contribution is -0.921. The average molecular weight is 403 g/mol. The van der Waals surface area contributed by atoms with Gasteiger partial charge >= 0.3 is 0 Å². The molecule has 0 aliphatic rings. The van der Waals surface area contributed by atoms with E-state index in [1.165, 1.54) is 115 Å². The summed E-state index contributed by atoms with van der Waals surface area (Å²) in [6, 6.07) is 0. The Labute approximate surface area is 178 Å². The molecule has 0 aliphatic heterocycles. The zero-order valence-electron chi connectivity index (χ0n) is 19.4. The van der Waals surface area contributed by atoms with E-state index in [4.69, 9.17) is 0 Å². The highest BCUT2D eigenvalue weighted by Crippen LogP contribution is 2.14. The molecule has 0 aromatic heterocycles. The van der Waals surface area contributed by atoms with E-state index >= 15 is 0 Å². The Hall–Kier alpha value is -0.0500. The highest BCUT2D eigenvalue weighted by Gasteiger charge is 2.23. The first-order valence-corrected chi connectivity index (χ1v) is 11.9. The first-order valence-electron chi connectivity index (χ1n) is 11.9. The third-order valence-electron chi connectivity index (χ3n) is 6.17. The second-order valence-electron chi connectivity index (χ2n) is 8.07. The van der Waals surface area contributed by atoms with Gasteiger partial charge in [0.15, 0.2) is 0 Å². The molecule has 0 fully saturated rings. The maximum Gasteiger partial charge on any atom is 0.0973 e. The quantitative estimate of drug-likeness (QED) is 0.181. The van der Waals surface area contributed by atoms with E-state index in [-0.39, 0.29) is 12.4 Å². The molecule has 0 bridgehead atoms. The van der Waals surface area contributed by atoms with Crippen LogP contribution in [0.1, 0.15) is 98.8 Å². The van der Waals surface area contributed by atoms with Crippen molar-refractivity contribution < 1.29 is 16.9 Å². The van der Waals surface area contributed by atoms with Gasteiger partial charge in [0.05, 0.1) is 26.2 Å². The van der Waals surface area contributed by atoms with E-state index in [0.29, 0.717) is 0 Å². The molecule has 0 radical (unpaired) electrons. The van der Waals surface area contributed by atoms with Crippen molar-refractivity contribution in [3.05, 3.63) is 12.2 Å². The van der Waals surface area contributed by atoms with Crippen LogP contribution >= 0.6 is 0 Å². The fraction of sp³-hybridized carbons (Fsp3) is 0.917. The molecule has 1 atom stereocenters. The van der Waals surface area contributed by atoms with Gasteiger partial charge in [-0.05, 0) is 45.9 Å². The van der Waals surface area contributed by atoms with E-state index < -0.39 is 0 Å². The minimum atomic E-state index is 0. The zero-order chi connectivity index (χ0) is 19.5. The van der Waals surface area contributed by atoms with Gasteiger partial charge in [0.25, 0.3) is 0 Å². The summed E-state index contributed by atoms with van der Waals surface area (Å²) in [4.78, 5) is 2.58. The van der Waals surface area contributed by atoms with Gasteiger partial charge in [0.1, 0.15) is 0 Å². The van der Waals surface area contributed by atoms with Gasteiger partial charge < -0.3 is 16.9 Å². The molecule has 0 aromatic carbocycles. The van der Waals surface area contributed by atoms with Crippen LogP contribution in [-0.4, -0.2) is 55.2 Å². The summed E-state index contributed by atoms with van der Waals surface area (Å²) in [7, 11) is 0. The van der Waals surface area contributed by atoms with Gasteiger partial charge in [0, 0.05) is 6.54 Å². The molecule has 0 aliphatic carbocycles. The van der Waals surface area contributed by atoms with Crippen LogP contribution in [0.2, 0.25) is 0 Å². The van der Waals surface area contributed by atoms with E-state index in [1.54, 1.807) is 0 Å². The Morgan fingerprint density at radius 1 is 0.704 bits per heavy atom. The number of hydrogen-bond acceptors (Lipinski definition) is 1. The van der Waals surface area contributed by atoms with Crippen molar-refractivity contribution in [2.24, 2.45) is 0 Å². The predicted molar refractivity (Wildman–Crippen MR) is 120 cm³/mol. The maximum absolute atomic E-state index is 2.58. The van der Waals surface area contributed by atoms with Gasteiger partial charge in [-0.15, -0.1) is 0 Å². The molecule has 0 N–H and O–H groups in total. The highest BCUT2D eigenvalue weighted by atomic mass is 35.5. The number of quaternary nitrogens is 1. The van der Waals surface area contributed by atoms with Crippen molar-refractivity contribution in [2.45, 2.75) is 98.8 Å². The van der Waals surface area contributed by atoms with Crippen LogP contribution in [0.5, 0.6) is 0 Å². The summed E-state index contributed by atoms with van der Waals surface area (Å²) in [6.07, 6.45) is 19.0. The van der Waals surface area contributed by atoms with E-state index in [0.717, 1.165) is 0 Å². The number of nitrogens with zero attached hydrogens (tertiary/aromatic N) is 2.